The molecule has 1 aliphatic rings. The summed E-state index contributed by atoms with van der Waals surface area (Å²) < 4.78 is 0. The number of rotatable bonds is 2. The molecule has 80 valence electrons. The van der Waals surface area contributed by atoms with Gasteiger partial charge in [0.2, 0.25) is 11.8 Å². The Morgan fingerprint density at radius 3 is 2.79 bits per heavy atom. The van der Waals surface area contributed by atoms with Crippen molar-refractivity contribution in [3.63, 3.8) is 0 Å². The van der Waals surface area contributed by atoms with Crippen LogP contribution in [-0.2, 0) is 9.59 Å². The molecule has 1 unspecified atom stereocenters. The molecule has 1 aliphatic heterocycles. The fourth-order valence-electron chi connectivity index (χ4n) is 1.52. The average molecular weight is 199 g/mol. The number of carbonyl (C=O) groups is 2. The Balaban J connectivity index is 2.32. The van der Waals surface area contributed by atoms with Crippen molar-refractivity contribution in [2.24, 2.45) is 0 Å². The monoisotopic (exact) mass is 199 g/mol. The molecule has 0 radical (unpaired) electrons. The minimum absolute atomic E-state index is 0.0354. The standard InChI is InChI=1S/C9H17N3O2/c1-7(13)11-5-9-6-12(8(2)14)4-3-10-9/h9-10H,3-6H2,1-2H3,(H,11,13). The van der Waals surface area contributed by atoms with E-state index in [1.807, 2.05) is 0 Å². The third kappa shape index (κ3) is 3.33. The Hall–Kier alpha value is -1.10. The molecule has 1 rings (SSSR count). The molecule has 0 saturated carbocycles. The van der Waals surface area contributed by atoms with E-state index >= 15 is 0 Å². The maximum Gasteiger partial charge on any atom is 0.219 e. The van der Waals surface area contributed by atoms with Crippen LogP contribution >= 0.6 is 0 Å². The van der Waals surface area contributed by atoms with E-state index in [1.165, 1.54) is 6.92 Å². The zero-order chi connectivity index (χ0) is 10.6. The summed E-state index contributed by atoms with van der Waals surface area (Å²) in [7, 11) is 0. The Morgan fingerprint density at radius 1 is 1.50 bits per heavy atom. The minimum atomic E-state index is -0.0354. The van der Waals surface area contributed by atoms with E-state index in [2.05, 4.69) is 10.6 Å². The lowest BCUT2D eigenvalue weighted by atomic mass is 10.2. The second kappa shape index (κ2) is 4.95. The van der Waals surface area contributed by atoms with Gasteiger partial charge in [0.25, 0.3) is 0 Å². The second-order valence-corrected chi connectivity index (χ2v) is 3.55. The van der Waals surface area contributed by atoms with Gasteiger partial charge in [0.1, 0.15) is 0 Å². The molecule has 0 aromatic rings. The van der Waals surface area contributed by atoms with Crippen molar-refractivity contribution in [3.8, 4) is 0 Å². The SMILES string of the molecule is CC(=O)NCC1CN(C(C)=O)CCN1. The molecule has 0 aromatic heterocycles. The topological polar surface area (TPSA) is 61.4 Å². The summed E-state index contributed by atoms with van der Waals surface area (Å²) in [5, 5.41) is 5.99. The average Bonchev–Trinajstić information content (AvgIpc) is 2.15. The molecule has 5 nitrogen and oxygen atoms in total. The largest absolute Gasteiger partial charge is 0.355 e. The van der Waals surface area contributed by atoms with E-state index in [-0.39, 0.29) is 17.9 Å². The molecule has 1 atom stereocenters. The maximum absolute atomic E-state index is 11.1. The second-order valence-electron chi connectivity index (χ2n) is 3.55. The summed E-state index contributed by atoms with van der Waals surface area (Å²) in [5.74, 6) is 0.0612. The third-order valence-electron chi connectivity index (χ3n) is 2.30. The van der Waals surface area contributed by atoms with Gasteiger partial charge in [-0.25, -0.2) is 0 Å². The van der Waals surface area contributed by atoms with Gasteiger partial charge in [-0.1, -0.05) is 0 Å². The first-order valence-electron chi connectivity index (χ1n) is 4.83. The third-order valence-corrected chi connectivity index (χ3v) is 2.30. The van der Waals surface area contributed by atoms with Crippen LogP contribution in [0.25, 0.3) is 0 Å². The molecule has 2 amide bonds. The van der Waals surface area contributed by atoms with Crippen molar-refractivity contribution in [1.29, 1.82) is 0 Å². The number of hydrogen-bond donors (Lipinski definition) is 2. The molecule has 2 N–H and O–H groups in total. The highest BCUT2D eigenvalue weighted by Gasteiger charge is 2.20. The van der Waals surface area contributed by atoms with E-state index in [0.717, 1.165) is 13.1 Å². The van der Waals surface area contributed by atoms with Crippen LogP contribution in [0.2, 0.25) is 0 Å². The van der Waals surface area contributed by atoms with Crippen LogP contribution in [0.1, 0.15) is 13.8 Å². The van der Waals surface area contributed by atoms with E-state index < -0.39 is 0 Å². The summed E-state index contributed by atoms with van der Waals surface area (Å²) in [6.45, 7) is 5.87. The first-order valence-corrected chi connectivity index (χ1v) is 4.83. The van der Waals surface area contributed by atoms with Crippen molar-refractivity contribution in [1.82, 2.24) is 15.5 Å². The number of hydrogen-bond acceptors (Lipinski definition) is 3. The van der Waals surface area contributed by atoms with Gasteiger partial charge in [0.15, 0.2) is 0 Å². The first-order chi connectivity index (χ1) is 6.59. The summed E-state index contributed by atoms with van der Waals surface area (Å²) in [6, 6.07) is 0.177. The highest BCUT2D eigenvalue weighted by atomic mass is 16.2. The van der Waals surface area contributed by atoms with Crippen LogP contribution in [0, 0.1) is 0 Å². The molecule has 1 saturated heterocycles. The minimum Gasteiger partial charge on any atom is -0.355 e. The number of nitrogens with zero attached hydrogens (tertiary/aromatic N) is 1. The van der Waals surface area contributed by atoms with Crippen molar-refractivity contribution in [2.45, 2.75) is 19.9 Å². The lowest BCUT2D eigenvalue weighted by Gasteiger charge is -2.33. The molecule has 0 aromatic carbocycles. The van der Waals surface area contributed by atoms with Gasteiger partial charge in [-0.05, 0) is 0 Å². The van der Waals surface area contributed by atoms with Crippen molar-refractivity contribution in [3.05, 3.63) is 0 Å². The molecule has 0 spiro atoms. The maximum atomic E-state index is 11.1. The molecule has 1 heterocycles. The van der Waals surface area contributed by atoms with Gasteiger partial charge in [-0.2, -0.15) is 0 Å². The van der Waals surface area contributed by atoms with Crippen LogP contribution in [0.15, 0.2) is 0 Å². The van der Waals surface area contributed by atoms with Crippen molar-refractivity contribution >= 4 is 11.8 Å². The summed E-state index contributed by atoms with van der Waals surface area (Å²) in [5.41, 5.74) is 0. The molecule has 5 heteroatoms. The normalized spacial score (nSPS) is 21.9. The predicted octanol–water partition coefficient (Wildman–Crippen LogP) is -1.06. The quantitative estimate of drug-likeness (QED) is 0.596. The first kappa shape index (κ1) is 11.0. The van der Waals surface area contributed by atoms with Crippen LogP contribution in [-0.4, -0.2) is 48.9 Å². The molecule has 0 aliphatic carbocycles. The molecule has 0 bridgehead atoms. The molecular weight excluding hydrogens is 182 g/mol. The van der Waals surface area contributed by atoms with E-state index in [4.69, 9.17) is 0 Å². The van der Waals surface area contributed by atoms with E-state index in [1.54, 1.807) is 11.8 Å². The highest BCUT2D eigenvalue weighted by Crippen LogP contribution is 1.98. The van der Waals surface area contributed by atoms with Crippen LogP contribution in [0.4, 0.5) is 0 Å². The van der Waals surface area contributed by atoms with Crippen LogP contribution < -0.4 is 10.6 Å². The predicted molar refractivity (Wildman–Crippen MR) is 52.7 cm³/mol. The molecule has 14 heavy (non-hydrogen) atoms. The molecule has 1 fully saturated rings. The van der Waals surface area contributed by atoms with E-state index in [9.17, 15) is 9.59 Å². The van der Waals surface area contributed by atoms with Gasteiger partial charge >= 0.3 is 0 Å². The summed E-state index contributed by atoms with van der Waals surface area (Å²) in [6.07, 6.45) is 0. The zero-order valence-electron chi connectivity index (χ0n) is 8.67. The van der Waals surface area contributed by atoms with Gasteiger partial charge in [-0.15, -0.1) is 0 Å². The summed E-state index contributed by atoms with van der Waals surface area (Å²) in [4.78, 5) is 23.6. The summed E-state index contributed by atoms with van der Waals surface area (Å²) >= 11 is 0. The van der Waals surface area contributed by atoms with Gasteiger partial charge < -0.3 is 15.5 Å². The van der Waals surface area contributed by atoms with Crippen molar-refractivity contribution < 1.29 is 9.59 Å². The van der Waals surface area contributed by atoms with E-state index in [0.29, 0.717) is 13.1 Å². The fraction of sp³-hybridized carbons (Fsp3) is 0.778. The Kier molecular flexibility index (Phi) is 3.88. The number of nitrogens with one attached hydrogen (secondary N) is 2. The molecular formula is C9H17N3O2. The Morgan fingerprint density at radius 2 is 2.21 bits per heavy atom. The van der Waals surface area contributed by atoms with Gasteiger partial charge in [0, 0.05) is 46.1 Å². The van der Waals surface area contributed by atoms with Crippen LogP contribution in [0.5, 0.6) is 0 Å². The lowest BCUT2D eigenvalue weighted by Crippen LogP contribution is -2.55. The smallest absolute Gasteiger partial charge is 0.219 e. The fourth-order valence-corrected chi connectivity index (χ4v) is 1.52. The number of carbonyl (C=O) groups excluding carboxylic acids is 2. The Labute approximate surface area is 83.8 Å². The van der Waals surface area contributed by atoms with Crippen molar-refractivity contribution in [2.75, 3.05) is 26.2 Å². The van der Waals surface area contributed by atoms with Gasteiger partial charge in [-0.3, -0.25) is 9.59 Å². The number of piperazine rings is 1. The van der Waals surface area contributed by atoms with Gasteiger partial charge in [0.05, 0.1) is 0 Å². The highest BCUT2D eigenvalue weighted by molar-refractivity contribution is 5.73. The lowest BCUT2D eigenvalue weighted by molar-refractivity contribution is -0.129. The number of amides is 2. The van der Waals surface area contributed by atoms with Crippen LogP contribution in [0.3, 0.4) is 0 Å². The Bertz CT molecular complexity index is 230. The zero-order valence-corrected chi connectivity index (χ0v) is 8.67.